The molecule has 150 valence electrons. The number of carbonyl (C=O) groups excluding carboxylic acids is 1. The summed E-state index contributed by atoms with van der Waals surface area (Å²) in [6.07, 6.45) is 7.37. The highest BCUT2D eigenvalue weighted by molar-refractivity contribution is 5.96. The van der Waals surface area contributed by atoms with Crippen molar-refractivity contribution in [2.45, 2.75) is 57.5 Å². The molecule has 0 unspecified atom stereocenters. The number of fused-ring (bicyclic) bond motifs is 2. The van der Waals surface area contributed by atoms with Crippen molar-refractivity contribution in [1.82, 2.24) is 14.7 Å². The highest BCUT2D eigenvalue weighted by Crippen LogP contribution is 2.30. The fourth-order valence-electron chi connectivity index (χ4n) is 4.93. The maximum absolute atomic E-state index is 13.5. The number of hydrogen-bond acceptors (Lipinski definition) is 4. The lowest BCUT2D eigenvalue weighted by molar-refractivity contribution is 0.0656. The van der Waals surface area contributed by atoms with Crippen LogP contribution in [0, 0.1) is 0 Å². The van der Waals surface area contributed by atoms with E-state index in [1.165, 1.54) is 11.3 Å². The lowest BCUT2D eigenvalue weighted by Crippen LogP contribution is -2.40. The Morgan fingerprint density at radius 2 is 2.00 bits per heavy atom. The third-order valence-electron chi connectivity index (χ3n) is 6.42. The Kier molecular flexibility index (Phi) is 4.49. The van der Waals surface area contributed by atoms with Gasteiger partial charge in [-0.05, 0) is 49.8 Å². The number of aryl methyl sites for hydroxylation is 1. The van der Waals surface area contributed by atoms with E-state index in [1.807, 2.05) is 34.8 Å². The summed E-state index contributed by atoms with van der Waals surface area (Å²) in [6.45, 7) is 0.457. The Bertz CT molecular complexity index is 1140. The van der Waals surface area contributed by atoms with Crippen LogP contribution in [0.3, 0.4) is 0 Å². The van der Waals surface area contributed by atoms with Gasteiger partial charge < -0.3 is 9.32 Å². The Morgan fingerprint density at radius 1 is 1.21 bits per heavy atom. The summed E-state index contributed by atoms with van der Waals surface area (Å²) in [5, 5.41) is 5.48. The SMILES string of the molecule is Cn1nc(CN(C(=O)c2cc3ccccc3oc2=O)C2CCCC2)c2c1CCC2. The summed E-state index contributed by atoms with van der Waals surface area (Å²) >= 11 is 0. The van der Waals surface area contributed by atoms with E-state index in [1.54, 1.807) is 12.1 Å². The molecule has 1 saturated carbocycles. The van der Waals surface area contributed by atoms with Gasteiger partial charge in [0, 0.05) is 24.2 Å². The van der Waals surface area contributed by atoms with Crippen molar-refractivity contribution in [3.05, 3.63) is 63.3 Å². The number of aromatic nitrogens is 2. The molecule has 1 aromatic carbocycles. The smallest absolute Gasteiger partial charge is 0.349 e. The van der Waals surface area contributed by atoms with Crippen LogP contribution in [-0.2, 0) is 26.4 Å². The van der Waals surface area contributed by atoms with Gasteiger partial charge in [0.2, 0.25) is 0 Å². The van der Waals surface area contributed by atoms with Crippen LogP contribution in [0.15, 0.2) is 39.5 Å². The molecule has 29 heavy (non-hydrogen) atoms. The van der Waals surface area contributed by atoms with Crippen molar-refractivity contribution < 1.29 is 9.21 Å². The van der Waals surface area contributed by atoms with E-state index in [-0.39, 0.29) is 17.5 Å². The van der Waals surface area contributed by atoms with Crippen LogP contribution in [0.1, 0.15) is 59.4 Å². The van der Waals surface area contributed by atoms with Crippen molar-refractivity contribution in [2.75, 3.05) is 0 Å². The molecule has 1 amide bonds. The van der Waals surface area contributed by atoms with E-state index in [0.29, 0.717) is 12.1 Å². The molecule has 0 aliphatic heterocycles. The van der Waals surface area contributed by atoms with Crippen molar-refractivity contribution in [2.24, 2.45) is 7.05 Å². The van der Waals surface area contributed by atoms with Gasteiger partial charge in [0.1, 0.15) is 11.1 Å². The van der Waals surface area contributed by atoms with Crippen LogP contribution in [0.25, 0.3) is 11.0 Å². The quantitative estimate of drug-likeness (QED) is 0.637. The van der Waals surface area contributed by atoms with Crippen LogP contribution < -0.4 is 5.63 Å². The van der Waals surface area contributed by atoms with Crippen LogP contribution in [-0.4, -0.2) is 26.6 Å². The van der Waals surface area contributed by atoms with E-state index in [4.69, 9.17) is 9.52 Å². The molecular formula is C23H25N3O3. The maximum Gasteiger partial charge on any atom is 0.349 e. The number of rotatable bonds is 4. The summed E-state index contributed by atoms with van der Waals surface area (Å²) in [5.41, 5.74) is 3.60. The topological polar surface area (TPSA) is 68.3 Å². The highest BCUT2D eigenvalue weighted by atomic mass is 16.4. The van der Waals surface area contributed by atoms with Gasteiger partial charge >= 0.3 is 5.63 Å². The zero-order valence-electron chi connectivity index (χ0n) is 16.7. The summed E-state index contributed by atoms with van der Waals surface area (Å²) in [5.74, 6) is -0.242. The van der Waals surface area contributed by atoms with Gasteiger partial charge in [-0.15, -0.1) is 0 Å². The lowest BCUT2D eigenvalue weighted by atomic mass is 10.1. The molecule has 0 radical (unpaired) electrons. The van der Waals surface area contributed by atoms with Crippen LogP contribution >= 0.6 is 0 Å². The molecular weight excluding hydrogens is 366 g/mol. The third-order valence-corrected chi connectivity index (χ3v) is 6.42. The van der Waals surface area contributed by atoms with Crippen LogP contribution in [0.4, 0.5) is 0 Å². The van der Waals surface area contributed by atoms with Gasteiger partial charge in [-0.25, -0.2) is 4.79 Å². The summed E-state index contributed by atoms with van der Waals surface area (Å²) in [6, 6.07) is 9.13. The van der Waals surface area contributed by atoms with E-state index < -0.39 is 5.63 Å². The number of hydrogen-bond donors (Lipinski definition) is 0. The first-order valence-corrected chi connectivity index (χ1v) is 10.5. The predicted octanol–water partition coefficient (Wildman–Crippen LogP) is 3.60. The number of benzene rings is 1. The number of amides is 1. The lowest BCUT2D eigenvalue weighted by Gasteiger charge is -2.28. The highest BCUT2D eigenvalue weighted by Gasteiger charge is 2.32. The molecule has 0 saturated heterocycles. The van der Waals surface area contributed by atoms with Crippen LogP contribution in [0.2, 0.25) is 0 Å². The minimum atomic E-state index is -0.567. The standard InChI is InChI=1S/C23H25N3O3/c1-25-20-11-6-10-17(20)19(24-25)14-26(16-8-3-4-9-16)22(27)18-13-15-7-2-5-12-21(15)29-23(18)28/h2,5,7,12-13,16H,3-4,6,8-11,14H2,1H3. The second-order valence-corrected chi connectivity index (χ2v) is 8.21. The predicted molar refractivity (Wildman–Crippen MR) is 110 cm³/mol. The molecule has 0 atom stereocenters. The van der Waals surface area contributed by atoms with Crippen molar-refractivity contribution in [3.63, 3.8) is 0 Å². The normalized spacial score (nSPS) is 16.4. The Morgan fingerprint density at radius 3 is 2.83 bits per heavy atom. The average molecular weight is 391 g/mol. The molecule has 3 aromatic rings. The Labute approximate surface area is 169 Å². The van der Waals surface area contributed by atoms with Gasteiger partial charge in [-0.2, -0.15) is 5.10 Å². The van der Waals surface area contributed by atoms with Crippen LogP contribution in [0.5, 0.6) is 0 Å². The summed E-state index contributed by atoms with van der Waals surface area (Å²) in [7, 11) is 1.98. The number of para-hydroxylation sites is 1. The largest absolute Gasteiger partial charge is 0.422 e. The molecule has 5 rings (SSSR count). The second kappa shape index (κ2) is 7.17. The van der Waals surface area contributed by atoms with E-state index in [0.717, 1.165) is 56.0 Å². The monoisotopic (exact) mass is 391 g/mol. The minimum absolute atomic E-state index is 0.114. The van der Waals surface area contributed by atoms with E-state index >= 15 is 0 Å². The summed E-state index contributed by atoms with van der Waals surface area (Å²) in [4.78, 5) is 28.0. The fraction of sp³-hybridized carbons (Fsp3) is 0.435. The van der Waals surface area contributed by atoms with Crippen molar-refractivity contribution >= 4 is 16.9 Å². The van der Waals surface area contributed by atoms with Crippen molar-refractivity contribution in [3.8, 4) is 0 Å². The number of carbonyl (C=O) groups is 1. The van der Waals surface area contributed by atoms with E-state index in [2.05, 4.69) is 0 Å². The zero-order chi connectivity index (χ0) is 20.0. The second-order valence-electron chi connectivity index (χ2n) is 8.21. The molecule has 2 heterocycles. The number of nitrogens with zero attached hydrogens (tertiary/aromatic N) is 3. The molecule has 0 spiro atoms. The Hall–Kier alpha value is -2.89. The van der Waals surface area contributed by atoms with Gasteiger partial charge in [0.05, 0.1) is 12.2 Å². The van der Waals surface area contributed by atoms with Gasteiger partial charge in [0.15, 0.2) is 0 Å². The minimum Gasteiger partial charge on any atom is -0.422 e. The van der Waals surface area contributed by atoms with Gasteiger partial charge in [0.25, 0.3) is 5.91 Å². The molecule has 2 aromatic heterocycles. The molecule has 6 nitrogen and oxygen atoms in total. The van der Waals surface area contributed by atoms with Gasteiger partial charge in [-0.3, -0.25) is 9.48 Å². The molecule has 6 heteroatoms. The first-order chi connectivity index (χ1) is 14.1. The summed E-state index contributed by atoms with van der Waals surface area (Å²) < 4.78 is 7.39. The Balaban J connectivity index is 1.53. The molecule has 0 bridgehead atoms. The van der Waals surface area contributed by atoms with Crippen molar-refractivity contribution in [1.29, 1.82) is 0 Å². The average Bonchev–Trinajstić information content (AvgIpc) is 3.46. The molecule has 2 aliphatic carbocycles. The maximum atomic E-state index is 13.5. The van der Waals surface area contributed by atoms with E-state index in [9.17, 15) is 9.59 Å². The molecule has 0 N–H and O–H groups in total. The van der Waals surface area contributed by atoms with Gasteiger partial charge in [-0.1, -0.05) is 31.0 Å². The molecule has 2 aliphatic rings. The third kappa shape index (κ3) is 3.16. The fourth-order valence-corrected chi connectivity index (χ4v) is 4.93. The zero-order valence-corrected chi connectivity index (χ0v) is 16.7. The first kappa shape index (κ1) is 18.2. The first-order valence-electron chi connectivity index (χ1n) is 10.5. The molecule has 1 fully saturated rings.